The molecule has 160 valence electrons. The molecular formula is C21H31N3O4S. The summed E-state index contributed by atoms with van der Waals surface area (Å²) < 4.78 is 16.6. The van der Waals surface area contributed by atoms with Gasteiger partial charge in [0.05, 0.1) is 19.3 Å². The van der Waals surface area contributed by atoms with Gasteiger partial charge in [0.1, 0.15) is 12.7 Å². The van der Waals surface area contributed by atoms with Crippen LogP contribution in [0.2, 0.25) is 0 Å². The number of benzene rings is 1. The highest BCUT2D eigenvalue weighted by atomic mass is 32.2. The molecule has 1 aromatic carbocycles. The van der Waals surface area contributed by atoms with Gasteiger partial charge in [-0.15, -0.1) is 0 Å². The largest absolute Gasteiger partial charge is 0.493 e. The first-order chi connectivity index (χ1) is 14.0. The van der Waals surface area contributed by atoms with Crippen LogP contribution in [0.3, 0.4) is 0 Å². The van der Waals surface area contributed by atoms with E-state index in [1.165, 1.54) is 0 Å². The van der Waals surface area contributed by atoms with Gasteiger partial charge in [-0.25, -0.2) is 0 Å². The van der Waals surface area contributed by atoms with Crippen molar-refractivity contribution in [3.05, 3.63) is 41.3 Å². The molecule has 1 fully saturated rings. The molecule has 0 unspecified atom stereocenters. The van der Waals surface area contributed by atoms with Crippen molar-refractivity contribution in [2.75, 3.05) is 51.9 Å². The number of hydrogen-bond acceptors (Lipinski definition) is 8. The van der Waals surface area contributed by atoms with Gasteiger partial charge in [-0.1, -0.05) is 11.2 Å². The smallest absolute Gasteiger partial charge is 0.161 e. The quantitative estimate of drug-likeness (QED) is 0.627. The van der Waals surface area contributed by atoms with Crippen LogP contribution in [0.15, 0.2) is 28.8 Å². The molecule has 29 heavy (non-hydrogen) atoms. The Morgan fingerprint density at radius 3 is 2.72 bits per heavy atom. The van der Waals surface area contributed by atoms with E-state index in [0.29, 0.717) is 24.6 Å². The topological polar surface area (TPSA) is 71.2 Å². The van der Waals surface area contributed by atoms with Crippen molar-refractivity contribution in [2.24, 2.45) is 0 Å². The summed E-state index contributed by atoms with van der Waals surface area (Å²) in [7, 11) is 3.67. The normalized spacial score (nSPS) is 16.2. The monoisotopic (exact) mass is 421 g/mol. The van der Waals surface area contributed by atoms with Crippen LogP contribution in [-0.2, 0) is 13.1 Å². The third-order valence-electron chi connectivity index (χ3n) is 4.79. The summed E-state index contributed by atoms with van der Waals surface area (Å²) in [6, 6.07) is 7.85. The number of β-amino-alcohol motifs (C(OH)–C–C–N with tert-alkyl or cyclic N) is 1. The number of aryl methyl sites for hydroxylation is 1. The van der Waals surface area contributed by atoms with Crippen LogP contribution in [0.4, 0.5) is 0 Å². The van der Waals surface area contributed by atoms with E-state index in [-0.39, 0.29) is 6.61 Å². The molecule has 1 aliphatic rings. The minimum Gasteiger partial charge on any atom is -0.493 e. The maximum Gasteiger partial charge on any atom is 0.161 e. The van der Waals surface area contributed by atoms with Gasteiger partial charge in [-0.2, -0.15) is 11.8 Å². The van der Waals surface area contributed by atoms with Crippen molar-refractivity contribution in [3.8, 4) is 11.5 Å². The third kappa shape index (κ3) is 6.92. The number of ether oxygens (including phenoxy) is 2. The summed E-state index contributed by atoms with van der Waals surface area (Å²) in [5.41, 5.74) is 2.00. The first-order valence-electron chi connectivity index (χ1n) is 9.92. The van der Waals surface area contributed by atoms with Crippen molar-refractivity contribution in [1.29, 1.82) is 0 Å². The van der Waals surface area contributed by atoms with E-state index in [1.54, 1.807) is 7.11 Å². The number of thioether (sulfide) groups is 1. The Hall–Kier alpha value is -1.74. The second-order valence-corrected chi connectivity index (χ2v) is 8.69. The fraction of sp³-hybridized carbons (Fsp3) is 0.571. The number of aliphatic hydroxyl groups excluding tert-OH is 1. The SMILES string of the molecule is COc1cc(CN(C)Cc2cc(C)no2)ccc1OC[C@H](O)CN1CCSCC1. The number of methoxy groups -OCH3 is 1. The molecule has 0 aliphatic carbocycles. The van der Waals surface area contributed by atoms with Gasteiger partial charge in [0.2, 0.25) is 0 Å². The molecular weight excluding hydrogens is 390 g/mol. The highest BCUT2D eigenvalue weighted by molar-refractivity contribution is 7.99. The lowest BCUT2D eigenvalue weighted by Gasteiger charge is -2.28. The molecule has 1 aromatic heterocycles. The predicted octanol–water partition coefficient (Wildman–Crippen LogP) is 2.41. The molecule has 0 amide bonds. The molecule has 2 heterocycles. The molecule has 7 nitrogen and oxygen atoms in total. The molecule has 0 bridgehead atoms. The number of aromatic nitrogens is 1. The maximum absolute atomic E-state index is 10.3. The van der Waals surface area contributed by atoms with E-state index in [2.05, 4.69) is 15.0 Å². The van der Waals surface area contributed by atoms with E-state index < -0.39 is 6.10 Å². The summed E-state index contributed by atoms with van der Waals surface area (Å²) in [5, 5.41) is 14.2. The van der Waals surface area contributed by atoms with Crippen LogP contribution < -0.4 is 9.47 Å². The van der Waals surface area contributed by atoms with Crippen LogP contribution >= 0.6 is 11.8 Å². The molecule has 0 spiro atoms. The lowest BCUT2D eigenvalue weighted by Crippen LogP contribution is -2.40. The minimum absolute atomic E-state index is 0.254. The number of aliphatic hydroxyl groups is 1. The van der Waals surface area contributed by atoms with Crippen LogP contribution in [0.25, 0.3) is 0 Å². The summed E-state index contributed by atoms with van der Waals surface area (Å²) in [6.45, 7) is 6.30. The number of hydrogen-bond donors (Lipinski definition) is 1. The second kappa shape index (κ2) is 10.9. The minimum atomic E-state index is -0.515. The Bertz CT molecular complexity index is 764. The number of rotatable bonds is 10. The van der Waals surface area contributed by atoms with E-state index in [4.69, 9.17) is 14.0 Å². The van der Waals surface area contributed by atoms with E-state index in [0.717, 1.165) is 48.2 Å². The molecule has 8 heteroatoms. The van der Waals surface area contributed by atoms with Crippen LogP contribution in [0, 0.1) is 6.92 Å². The molecule has 1 saturated heterocycles. The average Bonchev–Trinajstić information content (AvgIpc) is 3.12. The van der Waals surface area contributed by atoms with Crippen LogP contribution in [-0.4, -0.2) is 78.1 Å². The van der Waals surface area contributed by atoms with Crippen molar-refractivity contribution in [1.82, 2.24) is 15.0 Å². The summed E-state index contributed by atoms with van der Waals surface area (Å²) in [5.74, 6) is 4.44. The third-order valence-corrected chi connectivity index (χ3v) is 5.73. The Kier molecular flexibility index (Phi) is 8.23. The molecule has 1 atom stereocenters. The fourth-order valence-corrected chi connectivity index (χ4v) is 4.35. The van der Waals surface area contributed by atoms with Gasteiger partial charge in [0.15, 0.2) is 17.3 Å². The lowest BCUT2D eigenvalue weighted by atomic mass is 10.2. The molecule has 0 saturated carbocycles. The van der Waals surface area contributed by atoms with Crippen molar-refractivity contribution < 1.29 is 19.1 Å². The molecule has 3 rings (SSSR count). The van der Waals surface area contributed by atoms with Gasteiger partial charge < -0.3 is 19.1 Å². The lowest BCUT2D eigenvalue weighted by molar-refractivity contribution is 0.0704. The Morgan fingerprint density at radius 2 is 2.03 bits per heavy atom. The molecule has 1 N–H and O–H groups in total. The zero-order valence-corrected chi connectivity index (χ0v) is 18.3. The molecule has 1 aliphatic heterocycles. The summed E-state index contributed by atoms with van der Waals surface area (Å²) in [6.07, 6.45) is -0.515. The highest BCUT2D eigenvalue weighted by Gasteiger charge is 2.16. The second-order valence-electron chi connectivity index (χ2n) is 7.47. The van der Waals surface area contributed by atoms with Crippen LogP contribution in [0.1, 0.15) is 17.0 Å². The van der Waals surface area contributed by atoms with Crippen molar-refractivity contribution >= 4 is 11.8 Å². The van der Waals surface area contributed by atoms with E-state index >= 15 is 0 Å². The standard InChI is InChI=1S/C21H31N3O4S/c1-16-10-19(28-22-16)14-23(2)12-17-4-5-20(21(11-17)26-3)27-15-18(25)13-24-6-8-29-9-7-24/h4-5,10-11,18,25H,6-9,12-15H2,1-3H3/t18-/m1/s1. The summed E-state index contributed by atoms with van der Waals surface area (Å²) >= 11 is 1.96. The van der Waals surface area contributed by atoms with Gasteiger partial charge >= 0.3 is 0 Å². The number of nitrogens with zero attached hydrogens (tertiary/aromatic N) is 3. The fourth-order valence-electron chi connectivity index (χ4n) is 3.37. The van der Waals surface area contributed by atoms with Gasteiger partial charge in [-0.3, -0.25) is 9.80 Å². The Morgan fingerprint density at radius 1 is 1.24 bits per heavy atom. The first kappa shape index (κ1) is 22.0. The summed E-state index contributed by atoms with van der Waals surface area (Å²) in [4.78, 5) is 4.44. The predicted molar refractivity (Wildman–Crippen MR) is 115 cm³/mol. The van der Waals surface area contributed by atoms with E-state index in [9.17, 15) is 5.11 Å². The highest BCUT2D eigenvalue weighted by Crippen LogP contribution is 2.29. The van der Waals surface area contributed by atoms with Gasteiger partial charge in [-0.05, 0) is 31.7 Å². The van der Waals surface area contributed by atoms with Gasteiger partial charge in [0.25, 0.3) is 0 Å². The first-order valence-corrected chi connectivity index (χ1v) is 11.1. The van der Waals surface area contributed by atoms with Crippen molar-refractivity contribution in [3.63, 3.8) is 0 Å². The van der Waals surface area contributed by atoms with Gasteiger partial charge in [0, 0.05) is 43.8 Å². The zero-order chi connectivity index (χ0) is 20.6. The Balaban J connectivity index is 1.51. The van der Waals surface area contributed by atoms with Crippen molar-refractivity contribution in [2.45, 2.75) is 26.1 Å². The zero-order valence-electron chi connectivity index (χ0n) is 17.5. The van der Waals surface area contributed by atoms with E-state index in [1.807, 2.05) is 50.0 Å². The maximum atomic E-state index is 10.3. The van der Waals surface area contributed by atoms with Crippen LogP contribution in [0.5, 0.6) is 11.5 Å². The molecule has 2 aromatic rings. The Labute approximate surface area is 176 Å². The average molecular weight is 422 g/mol. The molecule has 0 radical (unpaired) electrons.